The van der Waals surface area contributed by atoms with Gasteiger partial charge in [0.1, 0.15) is 23.1 Å². The Morgan fingerprint density at radius 1 is 0.829 bits per heavy atom. The highest BCUT2D eigenvalue weighted by molar-refractivity contribution is 5.99. The number of benzene rings is 2. The van der Waals surface area contributed by atoms with Crippen molar-refractivity contribution in [2.45, 2.75) is 0 Å². The van der Waals surface area contributed by atoms with E-state index in [2.05, 4.69) is 20.3 Å². The number of urea groups is 1. The molecule has 0 spiro atoms. The lowest BCUT2D eigenvalue weighted by molar-refractivity contribution is 0.262. The van der Waals surface area contributed by atoms with Gasteiger partial charge in [0.05, 0.1) is 24.3 Å². The zero-order valence-corrected chi connectivity index (χ0v) is 17.3. The molecular weight excluding hydrogens is 475 g/mol. The normalized spacial score (nSPS) is 10.7. The predicted molar refractivity (Wildman–Crippen MR) is 115 cm³/mol. The average Bonchev–Trinajstić information content (AvgIpc) is 2.84. The largest absolute Gasteiger partial charge is 0.424 e. The Balaban J connectivity index is 1.40. The molecule has 0 unspecified atom stereocenters. The molecule has 13 heteroatoms. The number of pyridine rings is 1. The minimum Gasteiger partial charge on any atom is -0.424 e. The molecule has 4 N–H and O–H groups in total. The number of rotatable bonds is 5. The van der Waals surface area contributed by atoms with Gasteiger partial charge in [0, 0.05) is 11.6 Å². The van der Waals surface area contributed by atoms with E-state index in [1.165, 1.54) is 6.07 Å². The summed E-state index contributed by atoms with van der Waals surface area (Å²) < 4.78 is 72.8. The van der Waals surface area contributed by atoms with E-state index in [-0.39, 0.29) is 23.6 Å². The van der Waals surface area contributed by atoms with Gasteiger partial charge in [-0.1, -0.05) is 12.1 Å². The number of hydrogen-bond donors (Lipinski definition) is 3. The number of amides is 2. The van der Waals surface area contributed by atoms with Crippen LogP contribution in [0.3, 0.4) is 0 Å². The smallest absolute Gasteiger partial charge is 0.323 e. The summed E-state index contributed by atoms with van der Waals surface area (Å²) in [6.45, 7) is 0. The molecular formula is C22H13F5N6O2. The van der Waals surface area contributed by atoms with E-state index < -0.39 is 40.8 Å². The number of nitrogens with one attached hydrogen (secondary N) is 2. The van der Waals surface area contributed by atoms with Crippen LogP contribution in [0.4, 0.5) is 43.9 Å². The van der Waals surface area contributed by atoms with Crippen LogP contribution in [0.5, 0.6) is 11.8 Å². The minimum atomic E-state index is -1.76. The Labute approximate surface area is 193 Å². The molecule has 178 valence electrons. The third-order valence-corrected chi connectivity index (χ3v) is 4.50. The number of carbonyl (C=O) groups excluding carboxylic acids is 1. The fourth-order valence-corrected chi connectivity index (χ4v) is 2.88. The SMILES string of the molecule is Nc1ncc(F)cc1-c1ccc(Oc2ncc(NC(=O)Nc3c(F)c(F)cc(F)c3F)cn2)cc1. The molecule has 0 aliphatic heterocycles. The fourth-order valence-electron chi connectivity index (χ4n) is 2.88. The summed E-state index contributed by atoms with van der Waals surface area (Å²) in [6.07, 6.45) is 3.25. The maximum absolute atomic E-state index is 13.7. The number of nitrogen functional groups attached to an aromatic ring is 1. The van der Waals surface area contributed by atoms with Crippen LogP contribution in [-0.4, -0.2) is 21.0 Å². The van der Waals surface area contributed by atoms with Crippen LogP contribution in [0.2, 0.25) is 0 Å². The van der Waals surface area contributed by atoms with E-state index in [9.17, 15) is 26.7 Å². The molecule has 2 aromatic heterocycles. The number of ether oxygens (including phenoxy) is 1. The highest BCUT2D eigenvalue weighted by Crippen LogP contribution is 2.28. The maximum Gasteiger partial charge on any atom is 0.323 e. The number of aromatic nitrogens is 3. The van der Waals surface area contributed by atoms with Crippen molar-refractivity contribution in [2.75, 3.05) is 16.4 Å². The summed E-state index contributed by atoms with van der Waals surface area (Å²) >= 11 is 0. The summed E-state index contributed by atoms with van der Waals surface area (Å²) in [6, 6.07) is 6.31. The molecule has 4 aromatic rings. The Morgan fingerprint density at radius 3 is 2.09 bits per heavy atom. The summed E-state index contributed by atoms with van der Waals surface area (Å²) in [5.41, 5.74) is 5.46. The van der Waals surface area contributed by atoms with E-state index in [1.807, 2.05) is 0 Å². The van der Waals surface area contributed by atoms with Crippen molar-refractivity contribution in [1.29, 1.82) is 0 Å². The highest BCUT2D eigenvalue weighted by Gasteiger charge is 2.21. The predicted octanol–water partition coefficient (Wildman–Crippen LogP) is 5.25. The second-order valence-corrected chi connectivity index (χ2v) is 6.89. The van der Waals surface area contributed by atoms with Crippen molar-refractivity contribution in [3.8, 4) is 22.9 Å². The number of carbonyl (C=O) groups is 1. The van der Waals surface area contributed by atoms with E-state index in [0.29, 0.717) is 16.9 Å². The van der Waals surface area contributed by atoms with Crippen LogP contribution in [0, 0.1) is 29.1 Å². The minimum absolute atomic E-state index is 0.0159. The van der Waals surface area contributed by atoms with Crippen LogP contribution < -0.4 is 21.1 Å². The molecule has 2 aromatic carbocycles. The molecule has 0 bridgehead atoms. The number of nitrogens with zero attached hydrogens (tertiary/aromatic N) is 3. The van der Waals surface area contributed by atoms with E-state index in [0.717, 1.165) is 18.6 Å². The first-order valence-corrected chi connectivity index (χ1v) is 9.63. The molecule has 4 rings (SSSR count). The molecule has 35 heavy (non-hydrogen) atoms. The average molecular weight is 488 g/mol. The summed E-state index contributed by atoms with van der Waals surface area (Å²) in [5.74, 6) is -6.93. The van der Waals surface area contributed by atoms with E-state index in [4.69, 9.17) is 10.5 Å². The Morgan fingerprint density at radius 2 is 1.46 bits per heavy atom. The molecule has 0 atom stereocenters. The number of hydrogen-bond acceptors (Lipinski definition) is 6. The van der Waals surface area contributed by atoms with Gasteiger partial charge in [-0.25, -0.2) is 41.7 Å². The van der Waals surface area contributed by atoms with Crippen LogP contribution in [-0.2, 0) is 0 Å². The highest BCUT2D eigenvalue weighted by atomic mass is 19.2. The lowest BCUT2D eigenvalue weighted by Crippen LogP contribution is -2.22. The van der Waals surface area contributed by atoms with E-state index >= 15 is 0 Å². The molecule has 0 fully saturated rings. The van der Waals surface area contributed by atoms with Gasteiger partial charge in [0.25, 0.3) is 0 Å². The van der Waals surface area contributed by atoms with Gasteiger partial charge in [-0.15, -0.1) is 0 Å². The summed E-state index contributed by atoms with van der Waals surface area (Å²) in [7, 11) is 0. The summed E-state index contributed by atoms with van der Waals surface area (Å²) in [5, 5.41) is 3.84. The Hall–Kier alpha value is -4.81. The second kappa shape index (κ2) is 9.59. The number of anilines is 3. The number of halogens is 5. The molecule has 0 aliphatic rings. The molecule has 0 radical (unpaired) electrons. The topological polar surface area (TPSA) is 115 Å². The quantitative estimate of drug-likeness (QED) is 0.261. The molecule has 2 amide bonds. The van der Waals surface area contributed by atoms with Crippen molar-refractivity contribution in [3.63, 3.8) is 0 Å². The number of nitrogens with two attached hydrogens (primary N) is 1. The van der Waals surface area contributed by atoms with Crippen molar-refractivity contribution >= 4 is 23.2 Å². The van der Waals surface area contributed by atoms with Gasteiger partial charge in [-0.05, 0) is 23.8 Å². The first kappa shape index (κ1) is 23.4. The first-order chi connectivity index (χ1) is 16.7. The molecule has 0 aliphatic carbocycles. The van der Waals surface area contributed by atoms with Gasteiger partial charge in [-0.2, -0.15) is 0 Å². The summed E-state index contributed by atoms with van der Waals surface area (Å²) in [4.78, 5) is 23.5. The monoisotopic (exact) mass is 488 g/mol. The fraction of sp³-hybridized carbons (Fsp3) is 0. The van der Waals surface area contributed by atoms with Crippen LogP contribution in [0.15, 0.2) is 55.0 Å². The van der Waals surface area contributed by atoms with Crippen LogP contribution >= 0.6 is 0 Å². The molecule has 8 nitrogen and oxygen atoms in total. The first-order valence-electron chi connectivity index (χ1n) is 9.63. The zero-order valence-electron chi connectivity index (χ0n) is 17.3. The molecule has 0 saturated carbocycles. The van der Waals surface area contributed by atoms with Gasteiger partial charge < -0.3 is 21.1 Å². The standard InChI is InChI=1S/C22H13F5N6O2/c23-11-5-14(20(28)29-7-11)10-1-3-13(4-2-10)35-22-30-8-12(9-31-22)32-21(34)33-19-17(26)15(24)6-16(25)18(19)27/h1-9H,(H2,28,29)(H2,32,33,34). The molecule has 2 heterocycles. The van der Waals surface area contributed by atoms with Crippen molar-refractivity contribution < 1.29 is 31.5 Å². The lowest BCUT2D eigenvalue weighted by atomic mass is 10.1. The third kappa shape index (κ3) is 5.24. The Bertz CT molecular complexity index is 1380. The van der Waals surface area contributed by atoms with Crippen LogP contribution in [0.1, 0.15) is 0 Å². The van der Waals surface area contributed by atoms with Gasteiger partial charge in [0.15, 0.2) is 23.3 Å². The third-order valence-electron chi connectivity index (χ3n) is 4.50. The van der Waals surface area contributed by atoms with Crippen molar-refractivity contribution in [2.24, 2.45) is 0 Å². The van der Waals surface area contributed by atoms with Gasteiger partial charge in [0.2, 0.25) is 0 Å². The van der Waals surface area contributed by atoms with E-state index in [1.54, 1.807) is 29.6 Å². The molecule has 0 saturated heterocycles. The van der Waals surface area contributed by atoms with Crippen LogP contribution in [0.25, 0.3) is 11.1 Å². The maximum atomic E-state index is 13.7. The van der Waals surface area contributed by atoms with Crippen molar-refractivity contribution in [1.82, 2.24) is 15.0 Å². The van der Waals surface area contributed by atoms with Gasteiger partial charge in [-0.3, -0.25) is 0 Å². The van der Waals surface area contributed by atoms with Crippen molar-refractivity contribution in [3.05, 3.63) is 84.1 Å². The lowest BCUT2D eigenvalue weighted by Gasteiger charge is -2.10. The second-order valence-electron chi connectivity index (χ2n) is 6.89. The zero-order chi connectivity index (χ0) is 25.1. The van der Waals surface area contributed by atoms with Gasteiger partial charge >= 0.3 is 12.0 Å². The Kier molecular flexibility index (Phi) is 6.40.